The third kappa shape index (κ3) is 16.1. The highest BCUT2D eigenvalue weighted by atomic mass is 79.9. The van der Waals surface area contributed by atoms with E-state index in [-0.39, 0.29) is 36.4 Å². The average Bonchev–Trinajstić information content (AvgIpc) is 2.89. The topological polar surface area (TPSA) is 129 Å². The second kappa shape index (κ2) is 17.9. The molecule has 0 aromatic heterocycles. The third-order valence-electron chi connectivity index (χ3n) is 4.57. The van der Waals surface area contributed by atoms with E-state index in [1.54, 1.807) is 6.07 Å². The number of hydrogen-bond acceptors (Lipinski definition) is 9. The molecule has 0 N–H and O–H groups in total. The molecule has 0 aliphatic heterocycles. The first-order valence-corrected chi connectivity index (χ1v) is 18.8. The highest BCUT2D eigenvalue weighted by molar-refractivity contribution is 9.10. The molecule has 33 heteroatoms. The van der Waals surface area contributed by atoms with Gasteiger partial charge in [0.25, 0.3) is 9.05 Å². The van der Waals surface area contributed by atoms with Gasteiger partial charge in [-0.15, -0.1) is 3.89 Å². The summed E-state index contributed by atoms with van der Waals surface area (Å²) in [7, 11) is -5.69. The third-order valence-corrected chi connectivity index (χ3v) is 8.55. The van der Waals surface area contributed by atoms with Crippen molar-refractivity contribution in [2.45, 2.75) is 60.5 Å². The van der Waals surface area contributed by atoms with Crippen molar-refractivity contribution in [3.05, 3.63) is 36.4 Å². The van der Waals surface area contributed by atoms with Gasteiger partial charge in [-0.05, 0) is 0 Å². The average molecular weight is 1160 g/mol. The number of ether oxygens (including phenoxy) is 4. The van der Waals surface area contributed by atoms with E-state index in [2.05, 4.69) is 18.9 Å². The monoisotopic (exact) mass is 1150 g/mol. The van der Waals surface area contributed by atoms with Crippen LogP contribution in [-0.2, 0) is 19.3 Å². The lowest BCUT2D eigenvalue weighted by Gasteiger charge is -2.24. The Labute approximate surface area is 333 Å². The van der Waals surface area contributed by atoms with Crippen LogP contribution in [0.1, 0.15) is 6.92 Å². The number of benzene rings is 2. The van der Waals surface area contributed by atoms with E-state index in [1.807, 2.05) is 0 Å². The molecular formula is C22H9Br4ClF17NO8S2. The van der Waals surface area contributed by atoms with Crippen molar-refractivity contribution in [2.24, 2.45) is 0 Å². The maximum absolute atomic E-state index is 13.2. The van der Waals surface area contributed by atoms with Crippen LogP contribution in [0.3, 0.4) is 0 Å². The van der Waals surface area contributed by atoms with E-state index in [4.69, 9.17) is 15.9 Å². The van der Waals surface area contributed by atoms with Crippen LogP contribution in [0.15, 0.2) is 46.2 Å². The minimum Gasteiger partial charge on any atom is -0.427 e. The van der Waals surface area contributed by atoms with E-state index in [0.29, 0.717) is 0 Å². The number of hydrogen-bond donors (Lipinski definition) is 0. The van der Waals surface area contributed by atoms with Gasteiger partial charge in [0.15, 0.2) is 0 Å². The Hall–Kier alpha value is -1.95. The first-order chi connectivity index (χ1) is 23.9. The number of halogens is 22. The van der Waals surface area contributed by atoms with Crippen molar-refractivity contribution in [3.63, 3.8) is 0 Å². The molecule has 9 nitrogen and oxygen atoms in total. The second-order valence-corrected chi connectivity index (χ2v) is 16.7. The van der Waals surface area contributed by atoms with Crippen LogP contribution in [0.5, 0.6) is 23.0 Å². The number of nitriles is 1. The molecule has 316 valence electrons. The standard InChI is InChI=1S/C10H3Br2ClF8O4S.C10H3Br2F9O4S.C2H3N/c11-7(14,15)9(18,19)24-4-1-5(3-6(2-4)26(13,22)23)25-10(20,21)8(12,16)17;11-7(13,14)9(17,18)24-4-1-5(3-6(2-4)26(21,22)23)25-10(19,20)8(12,15)16;1-2-3/h2*1-3H;1H3. The second-order valence-electron chi connectivity index (χ2n) is 8.85. The van der Waals surface area contributed by atoms with Gasteiger partial charge in [0.05, 0.1) is 11.0 Å². The maximum atomic E-state index is 13.2. The summed E-state index contributed by atoms with van der Waals surface area (Å²) < 4.78 is 278. The predicted octanol–water partition coefficient (Wildman–Crippen LogP) is 11.3. The van der Waals surface area contributed by atoms with E-state index in [9.17, 15) is 91.0 Å². The molecule has 2 aromatic carbocycles. The summed E-state index contributed by atoms with van der Waals surface area (Å²) in [4.78, 5) is -22.8. The van der Waals surface area contributed by atoms with E-state index >= 15 is 0 Å². The van der Waals surface area contributed by atoms with Gasteiger partial charge in [0.1, 0.15) is 27.9 Å². The molecule has 0 spiro atoms. The highest BCUT2D eigenvalue weighted by Crippen LogP contribution is 2.46. The van der Waals surface area contributed by atoms with Crippen molar-refractivity contribution < 1.29 is 110 Å². The van der Waals surface area contributed by atoms with Gasteiger partial charge >= 0.3 is 54.0 Å². The Kier molecular flexibility index (Phi) is 17.3. The zero-order valence-electron chi connectivity index (χ0n) is 24.8. The van der Waals surface area contributed by atoms with Gasteiger partial charge in [0, 0.05) is 118 Å². The van der Waals surface area contributed by atoms with E-state index < -0.39 is 95.8 Å². The number of alkyl halides is 20. The van der Waals surface area contributed by atoms with Crippen LogP contribution in [-0.4, -0.2) is 60.6 Å². The lowest BCUT2D eigenvalue weighted by Crippen LogP contribution is -2.41. The van der Waals surface area contributed by atoms with Crippen LogP contribution in [0.2, 0.25) is 0 Å². The van der Waals surface area contributed by atoms with Crippen molar-refractivity contribution in [1.29, 1.82) is 5.26 Å². The molecule has 0 aliphatic carbocycles. The van der Waals surface area contributed by atoms with Gasteiger partial charge in [-0.3, -0.25) is 0 Å². The Morgan fingerprint density at radius 1 is 0.509 bits per heavy atom. The van der Waals surface area contributed by atoms with Crippen LogP contribution in [0.25, 0.3) is 0 Å². The Bertz CT molecular complexity index is 1690. The minimum absolute atomic E-state index is 0.0465. The molecule has 0 fully saturated rings. The predicted molar refractivity (Wildman–Crippen MR) is 163 cm³/mol. The number of rotatable bonds is 14. The fourth-order valence-electron chi connectivity index (χ4n) is 2.43. The fraction of sp³-hybridized carbons (Fsp3) is 0.409. The maximum Gasteiger partial charge on any atom is 0.475 e. The summed E-state index contributed by atoms with van der Waals surface area (Å²) in [5.74, 6) is -6.09. The Morgan fingerprint density at radius 3 is 0.836 bits per heavy atom. The lowest BCUT2D eigenvalue weighted by atomic mass is 10.3. The Morgan fingerprint density at radius 2 is 0.691 bits per heavy atom. The fourth-order valence-corrected chi connectivity index (χ4v) is 4.05. The summed E-state index contributed by atoms with van der Waals surface area (Å²) in [6.07, 6.45) is -21.3. The van der Waals surface area contributed by atoms with Gasteiger partial charge in [-0.25, -0.2) is 8.42 Å². The Balaban J connectivity index is 0.000000989. The van der Waals surface area contributed by atoms with Crippen molar-refractivity contribution >= 4 is 93.7 Å². The van der Waals surface area contributed by atoms with Crippen molar-refractivity contribution in [3.8, 4) is 29.1 Å². The lowest BCUT2D eigenvalue weighted by molar-refractivity contribution is -0.269. The van der Waals surface area contributed by atoms with E-state index in [0.717, 1.165) is 0 Å². The molecule has 0 bridgehead atoms. The number of nitrogens with zero attached hydrogens (tertiary/aromatic N) is 1. The summed E-state index contributed by atoms with van der Waals surface area (Å²) >= 11 is 5.10. The zero-order valence-corrected chi connectivity index (χ0v) is 33.5. The molecule has 0 saturated carbocycles. The summed E-state index contributed by atoms with van der Waals surface area (Å²) in [5.41, 5.74) is 0. The first-order valence-electron chi connectivity index (χ1n) is 12.0. The molecule has 0 amide bonds. The van der Waals surface area contributed by atoms with E-state index in [1.165, 1.54) is 70.6 Å². The van der Waals surface area contributed by atoms with Crippen molar-refractivity contribution in [1.82, 2.24) is 0 Å². The van der Waals surface area contributed by atoms with Crippen LogP contribution in [0.4, 0.5) is 74.1 Å². The van der Waals surface area contributed by atoms with Crippen LogP contribution < -0.4 is 18.9 Å². The molecule has 0 saturated heterocycles. The molecule has 2 aromatic rings. The molecule has 0 atom stereocenters. The van der Waals surface area contributed by atoms with Gasteiger partial charge in [-0.1, -0.05) is 0 Å². The normalized spacial score (nSPS) is 13.6. The summed E-state index contributed by atoms with van der Waals surface area (Å²) in [6, 6.07) is 1.88. The quantitative estimate of drug-likeness (QED) is 0.103. The molecular weight excluding hydrogens is 1150 g/mol. The molecule has 0 unspecified atom stereocenters. The smallest absolute Gasteiger partial charge is 0.427 e. The molecule has 0 heterocycles. The minimum atomic E-state index is -5.78. The first kappa shape index (κ1) is 53.0. The van der Waals surface area contributed by atoms with Gasteiger partial charge in [-0.2, -0.15) is 83.9 Å². The van der Waals surface area contributed by atoms with Gasteiger partial charge < -0.3 is 18.9 Å². The van der Waals surface area contributed by atoms with Crippen LogP contribution in [0, 0.1) is 11.3 Å². The molecule has 0 aliphatic rings. The SMILES string of the molecule is CC#N.O=S(=O)(Cl)c1cc(OC(F)(F)C(F)(F)Br)cc(OC(F)(F)C(F)(F)Br)c1.O=S(=O)(F)c1cc(OC(F)(F)C(F)(F)Br)cc(OC(F)(F)C(F)(F)Br)c1. The molecule has 2 rings (SSSR count). The van der Waals surface area contributed by atoms with Crippen molar-refractivity contribution in [2.75, 3.05) is 0 Å². The highest BCUT2D eigenvalue weighted by Gasteiger charge is 2.60. The summed E-state index contributed by atoms with van der Waals surface area (Å²) in [6.45, 7) is 1.43. The molecule has 55 heavy (non-hydrogen) atoms. The summed E-state index contributed by atoms with van der Waals surface area (Å²) in [5, 5.41) is 7.32. The molecule has 0 radical (unpaired) electrons. The van der Waals surface area contributed by atoms with Gasteiger partial charge in [0.2, 0.25) is 0 Å². The van der Waals surface area contributed by atoms with Crippen LogP contribution >= 0.6 is 74.4 Å². The zero-order chi connectivity index (χ0) is 44.2. The largest absolute Gasteiger partial charge is 0.475 e.